The predicted octanol–water partition coefficient (Wildman–Crippen LogP) is 2.14. The number of aliphatic hydroxyl groups is 1. The average molecular weight is 423 g/mol. The zero-order valence-electron chi connectivity index (χ0n) is 16.4. The van der Waals surface area contributed by atoms with Crippen molar-refractivity contribution in [3.8, 4) is 10.7 Å². The summed E-state index contributed by atoms with van der Waals surface area (Å²) in [5, 5.41) is 21.1. The highest BCUT2D eigenvalue weighted by atomic mass is 32.1. The Labute approximate surface area is 177 Å². The Balaban J connectivity index is 1.48. The van der Waals surface area contributed by atoms with Crippen LogP contribution in [0.1, 0.15) is 6.92 Å². The number of rotatable bonds is 4. The third-order valence-corrected chi connectivity index (χ3v) is 6.18. The lowest BCUT2D eigenvalue weighted by Gasteiger charge is -2.40. The molecule has 0 bridgehead atoms. The molecule has 0 aromatic carbocycles. The average Bonchev–Trinajstić information content (AvgIpc) is 3.42. The smallest absolute Gasteiger partial charge is 0.229 e. The Morgan fingerprint density at radius 2 is 2.07 bits per heavy atom. The number of hydrogen-bond acceptors (Lipinski definition) is 9. The highest BCUT2D eigenvalue weighted by Gasteiger charge is 2.31. The van der Waals surface area contributed by atoms with E-state index >= 15 is 0 Å². The topological polar surface area (TPSA) is 117 Å². The third-order valence-electron chi connectivity index (χ3n) is 5.38. The maximum atomic E-state index is 10.2. The maximum Gasteiger partial charge on any atom is 0.229 e. The number of nitrogens with zero attached hydrogens (tertiary/aromatic N) is 6. The summed E-state index contributed by atoms with van der Waals surface area (Å²) in [7, 11) is 0. The summed E-state index contributed by atoms with van der Waals surface area (Å²) in [5.41, 5.74) is 9.60. The van der Waals surface area contributed by atoms with E-state index in [2.05, 4.69) is 25.2 Å². The molecule has 0 amide bonds. The van der Waals surface area contributed by atoms with E-state index in [0.29, 0.717) is 19.0 Å². The number of pyridine rings is 1. The van der Waals surface area contributed by atoms with Gasteiger partial charge in [-0.25, -0.2) is 9.97 Å². The van der Waals surface area contributed by atoms with Gasteiger partial charge < -0.3 is 21.1 Å². The van der Waals surface area contributed by atoms with Crippen molar-refractivity contribution in [1.82, 2.24) is 24.6 Å². The number of nitrogens with one attached hydrogen (secondary N) is 1. The molecule has 5 heterocycles. The summed E-state index contributed by atoms with van der Waals surface area (Å²) in [6.07, 6.45) is 6.56. The molecule has 4 N–H and O–H groups in total. The fraction of sp³-hybridized carbons (Fsp3) is 0.300. The Morgan fingerprint density at radius 3 is 2.87 bits per heavy atom. The van der Waals surface area contributed by atoms with Crippen LogP contribution in [0.3, 0.4) is 0 Å². The van der Waals surface area contributed by atoms with Crippen molar-refractivity contribution >= 4 is 34.2 Å². The van der Waals surface area contributed by atoms with Crippen LogP contribution < -0.4 is 16.0 Å². The van der Waals surface area contributed by atoms with Crippen molar-refractivity contribution in [2.45, 2.75) is 19.1 Å². The quantitative estimate of drug-likeness (QED) is 0.458. The molecule has 4 aromatic heterocycles. The fourth-order valence-electron chi connectivity index (χ4n) is 3.82. The molecule has 3 atom stereocenters. The predicted molar refractivity (Wildman–Crippen MR) is 117 cm³/mol. The van der Waals surface area contributed by atoms with Crippen LogP contribution in [0.25, 0.3) is 16.2 Å². The molecule has 4 aromatic rings. The van der Waals surface area contributed by atoms with Crippen LogP contribution in [0.5, 0.6) is 0 Å². The molecule has 0 aliphatic carbocycles. The lowest BCUT2D eigenvalue weighted by atomic mass is 9.92. The first-order valence-corrected chi connectivity index (χ1v) is 10.6. The van der Waals surface area contributed by atoms with Gasteiger partial charge in [0.2, 0.25) is 5.95 Å². The summed E-state index contributed by atoms with van der Waals surface area (Å²) in [5.74, 6) is 0.664. The number of hydrogen-bond donors (Lipinski definition) is 3. The highest BCUT2D eigenvalue weighted by molar-refractivity contribution is 7.13. The second-order valence-electron chi connectivity index (χ2n) is 7.53. The van der Waals surface area contributed by atoms with Crippen LogP contribution in [0.4, 0.5) is 17.3 Å². The van der Waals surface area contributed by atoms with Crippen molar-refractivity contribution in [2.75, 3.05) is 23.3 Å². The van der Waals surface area contributed by atoms with Gasteiger partial charge in [-0.05, 0) is 18.2 Å². The van der Waals surface area contributed by atoms with Crippen LogP contribution in [-0.2, 0) is 0 Å². The molecule has 1 aliphatic heterocycles. The third kappa shape index (κ3) is 3.38. The summed E-state index contributed by atoms with van der Waals surface area (Å²) in [6.45, 7) is 3.29. The van der Waals surface area contributed by atoms with E-state index in [4.69, 9.17) is 10.8 Å². The van der Waals surface area contributed by atoms with Crippen molar-refractivity contribution in [1.29, 1.82) is 0 Å². The van der Waals surface area contributed by atoms with Gasteiger partial charge in [-0.1, -0.05) is 6.92 Å². The standard InChI is InChI=1S/C20H22N8OS/c1-12-10-27(11-14(21)18(12)29)17-4-5-22-9-16(17)25-20-24-8-13-2-3-15(26-28(13)20)19-23-6-7-30-19/h2-9,12,14,18,29H,10-11,21H2,1H3,(H,24,25)/t12-,14+,18-/m1/s1. The second-order valence-corrected chi connectivity index (χ2v) is 8.42. The van der Waals surface area contributed by atoms with Crippen molar-refractivity contribution in [3.05, 3.63) is 48.4 Å². The van der Waals surface area contributed by atoms with Crippen LogP contribution in [0.2, 0.25) is 0 Å². The summed E-state index contributed by atoms with van der Waals surface area (Å²) in [6, 6.07) is 5.56. The van der Waals surface area contributed by atoms with Gasteiger partial charge >= 0.3 is 0 Å². The summed E-state index contributed by atoms with van der Waals surface area (Å²) in [4.78, 5) is 15.3. The molecule has 0 unspecified atom stereocenters. The van der Waals surface area contributed by atoms with Crippen LogP contribution >= 0.6 is 11.3 Å². The molecule has 9 nitrogen and oxygen atoms in total. The zero-order valence-corrected chi connectivity index (χ0v) is 17.2. The molecule has 30 heavy (non-hydrogen) atoms. The Bertz CT molecular complexity index is 1150. The van der Waals surface area contributed by atoms with E-state index in [9.17, 15) is 5.11 Å². The lowest BCUT2D eigenvalue weighted by Crippen LogP contribution is -2.55. The van der Waals surface area contributed by atoms with Gasteiger partial charge in [-0.15, -0.1) is 11.3 Å². The molecule has 1 fully saturated rings. The number of fused-ring (bicyclic) bond motifs is 1. The molecular formula is C20H22N8OS. The van der Waals surface area contributed by atoms with Gasteiger partial charge in [-0.3, -0.25) is 4.98 Å². The number of aromatic nitrogens is 5. The van der Waals surface area contributed by atoms with Gasteiger partial charge in [-0.2, -0.15) is 9.61 Å². The van der Waals surface area contributed by atoms with E-state index in [1.165, 1.54) is 0 Å². The Morgan fingerprint density at radius 1 is 1.17 bits per heavy atom. The van der Waals surface area contributed by atoms with E-state index in [1.807, 2.05) is 30.5 Å². The molecule has 10 heteroatoms. The van der Waals surface area contributed by atoms with E-state index in [-0.39, 0.29) is 12.0 Å². The summed E-state index contributed by atoms with van der Waals surface area (Å²) < 4.78 is 1.77. The largest absolute Gasteiger partial charge is 0.391 e. The normalized spacial score (nSPS) is 21.8. The minimum absolute atomic E-state index is 0.0736. The van der Waals surface area contributed by atoms with Crippen LogP contribution in [0, 0.1) is 5.92 Å². The molecule has 0 saturated carbocycles. The van der Waals surface area contributed by atoms with Gasteiger partial charge in [0.05, 0.1) is 35.4 Å². The zero-order chi connectivity index (χ0) is 20.7. The minimum Gasteiger partial charge on any atom is -0.391 e. The van der Waals surface area contributed by atoms with E-state index < -0.39 is 6.10 Å². The number of nitrogens with two attached hydrogens (primary N) is 1. The number of imidazole rings is 1. The van der Waals surface area contributed by atoms with Crippen LogP contribution in [-0.4, -0.2) is 54.9 Å². The maximum absolute atomic E-state index is 10.2. The molecule has 1 aliphatic rings. The second kappa shape index (κ2) is 7.63. The van der Waals surface area contributed by atoms with Crippen molar-refractivity contribution < 1.29 is 5.11 Å². The lowest BCUT2D eigenvalue weighted by molar-refractivity contribution is 0.0785. The van der Waals surface area contributed by atoms with Crippen molar-refractivity contribution in [3.63, 3.8) is 0 Å². The molecule has 1 saturated heterocycles. The molecule has 0 radical (unpaired) electrons. The molecule has 5 rings (SSSR count). The first-order valence-electron chi connectivity index (χ1n) is 9.74. The van der Waals surface area contributed by atoms with E-state index in [1.54, 1.807) is 40.6 Å². The SMILES string of the molecule is C[C@@H]1CN(c2ccncc2Nc2ncc3ccc(-c4nccs4)nn23)C[C@H](N)[C@@H]1O. The monoisotopic (exact) mass is 422 g/mol. The number of aliphatic hydroxyl groups excluding tert-OH is 1. The number of anilines is 3. The Hall–Kier alpha value is -3.08. The first-order chi connectivity index (χ1) is 14.6. The van der Waals surface area contributed by atoms with Gasteiger partial charge in [0.15, 0.2) is 0 Å². The number of thiazole rings is 1. The molecule has 154 valence electrons. The molecular weight excluding hydrogens is 400 g/mol. The fourth-order valence-corrected chi connectivity index (χ4v) is 4.43. The van der Waals surface area contributed by atoms with Gasteiger partial charge in [0.1, 0.15) is 10.7 Å². The van der Waals surface area contributed by atoms with Gasteiger partial charge in [0, 0.05) is 42.8 Å². The Kier molecular flexibility index (Phi) is 4.81. The highest BCUT2D eigenvalue weighted by Crippen LogP contribution is 2.31. The van der Waals surface area contributed by atoms with Gasteiger partial charge in [0.25, 0.3) is 0 Å². The van der Waals surface area contributed by atoms with Crippen LogP contribution in [0.15, 0.2) is 48.4 Å². The molecule has 0 spiro atoms. The summed E-state index contributed by atoms with van der Waals surface area (Å²) >= 11 is 1.54. The minimum atomic E-state index is -0.496. The first kappa shape index (κ1) is 18.9. The van der Waals surface area contributed by atoms with Crippen molar-refractivity contribution in [2.24, 2.45) is 11.7 Å². The van der Waals surface area contributed by atoms with E-state index in [0.717, 1.165) is 27.6 Å². The number of piperidine rings is 1.